The number of hydrogen-bond acceptors (Lipinski definition) is 8. The fourth-order valence-electron chi connectivity index (χ4n) is 2.68. The molecule has 0 aromatic heterocycles. The number of para-hydroxylation sites is 2. The van der Waals surface area contributed by atoms with Gasteiger partial charge in [0.25, 0.3) is 5.69 Å². The van der Waals surface area contributed by atoms with Crippen LogP contribution < -0.4 is 20.8 Å². The first-order valence-corrected chi connectivity index (χ1v) is 9.93. The Balaban J connectivity index is 1.55. The van der Waals surface area contributed by atoms with E-state index in [2.05, 4.69) is 27.7 Å². The summed E-state index contributed by atoms with van der Waals surface area (Å²) in [5.74, 6) is -0.140. The van der Waals surface area contributed by atoms with E-state index >= 15 is 0 Å². The maximum Gasteiger partial charge on any atom is 0.269 e. The molecule has 0 bridgehead atoms. The number of anilines is 1. The lowest BCUT2D eigenvalue weighted by molar-refractivity contribution is -0.384. The summed E-state index contributed by atoms with van der Waals surface area (Å²) >= 11 is 1.12. The van der Waals surface area contributed by atoms with Gasteiger partial charge in [-0.15, -0.1) is 5.10 Å². The number of hydrazone groups is 1. The number of methoxy groups -OCH3 is 1. The van der Waals surface area contributed by atoms with Gasteiger partial charge in [-0.05, 0) is 29.8 Å². The van der Waals surface area contributed by atoms with Crippen LogP contribution in [0.2, 0.25) is 0 Å². The number of ether oxygens (including phenoxy) is 1. The molecule has 0 radical (unpaired) electrons. The molecule has 1 saturated heterocycles. The molecule has 0 saturated carbocycles. The summed E-state index contributed by atoms with van der Waals surface area (Å²) < 4.78 is 5.20. The Morgan fingerprint density at radius 3 is 2.68 bits per heavy atom. The van der Waals surface area contributed by atoms with E-state index in [0.29, 0.717) is 27.9 Å². The lowest BCUT2D eigenvalue weighted by Gasteiger charge is -2.10. The first-order chi connectivity index (χ1) is 14.9. The van der Waals surface area contributed by atoms with Crippen LogP contribution >= 0.6 is 11.8 Å². The van der Waals surface area contributed by atoms with E-state index in [1.54, 1.807) is 36.4 Å². The normalized spacial score (nSPS) is 16.5. The van der Waals surface area contributed by atoms with E-state index < -0.39 is 10.2 Å². The average Bonchev–Trinajstić information content (AvgIpc) is 3.11. The third-order valence-corrected chi connectivity index (χ3v) is 5.33. The van der Waals surface area contributed by atoms with Crippen molar-refractivity contribution in [2.75, 3.05) is 12.4 Å². The molecule has 3 rings (SSSR count). The Labute approximate surface area is 181 Å². The molecule has 11 heteroatoms. The van der Waals surface area contributed by atoms with Gasteiger partial charge in [-0.25, -0.2) is 0 Å². The van der Waals surface area contributed by atoms with Crippen LogP contribution in [0, 0.1) is 10.1 Å². The molecule has 1 aliphatic rings. The number of amides is 2. The molecule has 1 aliphatic heterocycles. The van der Waals surface area contributed by atoms with Crippen LogP contribution in [0.3, 0.4) is 0 Å². The van der Waals surface area contributed by atoms with E-state index in [0.717, 1.165) is 11.8 Å². The van der Waals surface area contributed by atoms with Crippen LogP contribution in [0.25, 0.3) is 5.70 Å². The molecule has 2 amide bonds. The second-order valence-electron chi connectivity index (χ2n) is 6.36. The SMILES string of the molecule is C=C(N/N=C1\NC(=O)[C@@H](CC(=O)Nc2ccccc2OC)S1)c1ccc([N+](=O)[O-])cc1. The highest BCUT2D eigenvalue weighted by Crippen LogP contribution is 2.26. The van der Waals surface area contributed by atoms with E-state index in [9.17, 15) is 19.7 Å². The van der Waals surface area contributed by atoms with Crippen molar-refractivity contribution in [1.82, 2.24) is 10.7 Å². The number of nitrogens with one attached hydrogen (secondary N) is 3. The molecule has 0 aliphatic carbocycles. The zero-order valence-corrected chi connectivity index (χ0v) is 17.3. The summed E-state index contributed by atoms with van der Waals surface area (Å²) in [6.45, 7) is 3.82. The maximum atomic E-state index is 12.3. The summed E-state index contributed by atoms with van der Waals surface area (Å²) in [6, 6.07) is 12.8. The van der Waals surface area contributed by atoms with Gasteiger partial charge in [-0.2, -0.15) is 0 Å². The van der Waals surface area contributed by atoms with Crippen LogP contribution in [0.15, 0.2) is 60.2 Å². The van der Waals surface area contributed by atoms with E-state index in [1.807, 2.05) is 0 Å². The summed E-state index contributed by atoms with van der Waals surface area (Å²) in [5.41, 5.74) is 4.21. The van der Waals surface area contributed by atoms with Gasteiger partial charge in [0, 0.05) is 18.6 Å². The molecule has 1 atom stereocenters. The summed E-state index contributed by atoms with van der Waals surface area (Å²) in [5, 5.41) is 19.8. The minimum Gasteiger partial charge on any atom is -0.495 e. The number of non-ortho nitro benzene ring substituents is 1. The van der Waals surface area contributed by atoms with E-state index in [-0.39, 0.29) is 23.9 Å². The molecular formula is C20H19N5O5S. The highest BCUT2D eigenvalue weighted by Gasteiger charge is 2.32. The number of thioether (sulfide) groups is 1. The maximum absolute atomic E-state index is 12.3. The van der Waals surface area contributed by atoms with Gasteiger partial charge in [-0.3, -0.25) is 25.1 Å². The standard InChI is InChI=1S/C20H19N5O5S/c1-12(13-7-9-14(10-8-13)25(28)29)23-24-20-22-19(27)17(31-20)11-18(26)21-15-5-3-4-6-16(15)30-2/h3-10,17,23H,1,11H2,2H3,(H,21,26)(H,22,24,27)/t17-/m1/s1. The van der Waals surface area contributed by atoms with Crippen LogP contribution in [0.1, 0.15) is 12.0 Å². The van der Waals surface area contributed by atoms with E-state index in [4.69, 9.17) is 4.74 Å². The first-order valence-electron chi connectivity index (χ1n) is 9.05. The number of carbonyl (C=O) groups excluding carboxylic acids is 2. The van der Waals surface area contributed by atoms with Crippen molar-refractivity contribution in [3.05, 3.63) is 70.8 Å². The molecule has 2 aromatic rings. The Kier molecular flexibility index (Phi) is 6.88. The number of nitro benzene ring substituents is 1. The van der Waals surface area contributed by atoms with E-state index in [1.165, 1.54) is 19.2 Å². The van der Waals surface area contributed by atoms with Crippen molar-refractivity contribution < 1.29 is 19.2 Å². The lowest BCUT2D eigenvalue weighted by Crippen LogP contribution is -2.28. The molecule has 10 nitrogen and oxygen atoms in total. The van der Waals surface area contributed by atoms with Crippen LogP contribution in [0.4, 0.5) is 11.4 Å². The Bertz CT molecular complexity index is 1050. The molecule has 1 fully saturated rings. The van der Waals surface area contributed by atoms with Crippen molar-refractivity contribution in [1.29, 1.82) is 0 Å². The van der Waals surface area contributed by atoms with Gasteiger partial charge in [0.15, 0.2) is 5.17 Å². The number of benzene rings is 2. The van der Waals surface area contributed by atoms with Gasteiger partial charge >= 0.3 is 0 Å². The van der Waals surface area contributed by atoms with Gasteiger partial charge < -0.3 is 15.4 Å². The van der Waals surface area contributed by atoms with Crippen LogP contribution in [-0.4, -0.2) is 34.3 Å². The monoisotopic (exact) mass is 441 g/mol. The smallest absolute Gasteiger partial charge is 0.269 e. The molecule has 0 spiro atoms. The quantitative estimate of drug-likeness (QED) is 0.423. The first kappa shape index (κ1) is 21.8. The number of amidine groups is 1. The van der Waals surface area contributed by atoms with Crippen LogP contribution in [0.5, 0.6) is 5.75 Å². The van der Waals surface area contributed by atoms with Crippen molar-refractivity contribution in [3.63, 3.8) is 0 Å². The Morgan fingerprint density at radius 2 is 2.00 bits per heavy atom. The highest BCUT2D eigenvalue weighted by molar-refractivity contribution is 8.15. The van der Waals surface area contributed by atoms with Crippen molar-refractivity contribution in [2.45, 2.75) is 11.7 Å². The predicted molar refractivity (Wildman–Crippen MR) is 118 cm³/mol. The lowest BCUT2D eigenvalue weighted by atomic mass is 10.1. The fourth-order valence-corrected chi connectivity index (χ4v) is 3.60. The predicted octanol–water partition coefficient (Wildman–Crippen LogP) is 2.70. The van der Waals surface area contributed by atoms with Gasteiger partial charge in [0.05, 0.1) is 23.4 Å². The third kappa shape index (κ3) is 5.60. The van der Waals surface area contributed by atoms with Crippen molar-refractivity contribution in [3.8, 4) is 5.75 Å². The summed E-state index contributed by atoms with van der Waals surface area (Å²) in [7, 11) is 1.51. The molecule has 1 heterocycles. The van der Waals surface area contributed by atoms with Crippen LogP contribution in [-0.2, 0) is 9.59 Å². The molecule has 0 unspecified atom stereocenters. The number of nitro groups is 1. The minimum absolute atomic E-state index is 0.0317. The zero-order valence-electron chi connectivity index (χ0n) is 16.5. The third-order valence-electron chi connectivity index (χ3n) is 4.25. The molecule has 31 heavy (non-hydrogen) atoms. The Hall–Kier alpha value is -3.86. The van der Waals surface area contributed by atoms with Gasteiger partial charge in [-0.1, -0.05) is 30.5 Å². The number of rotatable bonds is 8. The highest BCUT2D eigenvalue weighted by atomic mass is 32.2. The Morgan fingerprint density at radius 1 is 1.29 bits per heavy atom. The summed E-state index contributed by atoms with van der Waals surface area (Å²) in [6.07, 6.45) is -0.0448. The number of carbonyl (C=O) groups is 2. The number of nitrogens with zero attached hydrogens (tertiary/aromatic N) is 2. The zero-order chi connectivity index (χ0) is 22.4. The molecule has 160 valence electrons. The minimum atomic E-state index is -0.636. The second-order valence-corrected chi connectivity index (χ2v) is 7.55. The fraction of sp³-hybridized carbons (Fsp3) is 0.150. The summed E-state index contributed by atoms with van der Waals surface area (Å²) in [4.78, 5) is 34.7. The molecule has 2 aromatic carbocycles. The average molecular weight is 441 g/mol. The molecular weight excluding hydrogens is 422 g/mol. The van der Waals surface area contributed by atoms with Crippen molar-refractivity contribution in [2.24, 2.45) is 5.10 Å². The topological polar surface area (TPSA) is 135 Å². The van der Waals surface area contributed by atoms with Gasteiger partial charge in [0.2, 0.25) is 11.8 Å². The largest absolute Gasteiger partial charge is 0.495 e. The van der Waals surface area contributed by atoms with Crippen molar-refractivity contribution >= 4 is 45.8 Å². The molecule has 3 N–H and O–H groups in total. The number of hydrogen-bond donors (Lipinski definition) is 3. The van der Waals surface area contributed by atoms with Gasteiger partial charge in [0.1, 0.15) is 11.0 Å². The second kappa shape index (κ2) is 9.76.